The second kappa shape index (κ2) is 9.07. The van der Waals surface area contributed by atoms with Crippen LogP contribution in [0.1, 0.15) is 5.56 Å². The van der Waals surface area contributed by atoms with E-state index in [1.807, 2.05) is 0 Å². The number of fused-ring (bicyclic) bond motifs is 1. The van der Waals surface area contributed by atoms with Crippen LogP contribution in [0.5, 0.6) is 0 Å². The lowest BCUT2D eigenvalue weighted by molar-refractivity contribution is -0.116. The summed E-state index contributed by atoms with van der Waals surface area (Å²) in [6.07, 6.45) is 2.79. The average molecular weight is 514 g/mol. The summed E-state index contributed by atoms with van der Waals surface area (Å²) >= 11 is 0. The number of amidine groups is 1. The van der Waals surface area contributed by atoms with Gasteiger partial charge in [0.15, 0.2) is 9.84 Å². The van der Waals surface area contributed by atoms with Crippen LogP contribution in [0, 0.1) is 5.41 Å². The molecule has 0 unspecified atom stereocenters. The molecule has 1 aromatic heterocycles. The molecule has 0 bridgehead atoms. The molecule has 4 aromatic rings. The Morgan fingerprint density at radius 2 is 1.68 bits per heavy atom. The smallest absolute Gasteiger partial charge is 0.281 e. The number of amides is 1. The third-order valence-electron chi connectivity index (χ3n) is 6.13. The minimum absolute atomic E-state index is 0.00912. The van der Waals surface area contributed by atoms with E-state index >= 15 is 0 Å². The predicted molar refractivity (Wildman–Crippen MR) is 144 cm³/mol. The van der Waals surface area contributed by atoms with Gasteiger partial charge in [-0.1, -0.05) is 42.5 Å². The molecule has 37 heavy (non-hydrogen) atoms. The van der Waals surface area contributed by atoms with Gasteiger partial charge in [-0.05, 0) is 42.0 Å². The molecule has 0 spiro atoms. The van der Waals surface area contributed by atoms with Crippen LogP contribution < -0.4 is 21.5 Å². The first-order valence-corrected chi connectivity index (χ1v) is 13.2. The van der Waals surface area contributed by atoms with E-state index in [2.05, 4.69) is 5.32 Å². The lowest BCUT2D eigenvalue weighted by atomic mass is 10.1. The van der Waals surface area contributed by atoms with Crippen molar-refractivity contribution >= 4 is 38.6 Å². The molecular weight excluding hydrogens is 490 g/mol. The predicted octanol–water partition coefficient (Wildman–Crippen LogP) is 3.28. The summed E-state index contributed by atoms with van der Waals surface area (Å²) < 4.78 is 25.9. The van der Waals surface area contributed by atoms with Gasteiger partial charge in [0.2, 0.25) is 0 Å². The van der Waals surface area contributed by atoms with Gasteiger partial charge < -0.3 is 11.1 Å². The number of pyridine rings is 1. The maximum atomic E-state index is 13.7. The molecule has 0 radical (unpaired) electrons. The second-order valence-corrected chi connectivity index (χ2v) is 10.6. The summed E-state index contributed by atoms with van der Waals surface area (Å²) in [7, 11) is -3.43. The van der Waals surface area contributed by atoms with Crippen molar-refractivity contribution in [3.05, 3.63) is 101 Å². The van der Waals surface area contributed by atoms with Gasteiger partial charge in [-0.2, -0.15) is 0 Å². The number of aromatic nitrogens is 1. The zero-order chi connectivity index (χ0) is 26.3. The van der Waals surface area contributed by atoms with Crippen molar-refractivity contribution < 1.29 is 13.2 Å². The highest BCUT2D eigenvalue weighted by Crippen LogP contribution is 2.33. The number of hydrogen-bond acceptors (Lipinski definition) is 6. The van der Waals surface area contributed by atoms with Crippen LogP contribution in [-0.2, 0) is 14.6 Å². The van der Waals surface area contributed by atoms with E-state index in [0.29, 0.717) is 33.8 Å². The van der Waals surface area contributed by atoms with Crippen molar-refractivity contribution in [2.24, 2.45) is 5.73 Å². The molecule has 1 aliphatic rings. The number of carbonyl (C=O) groups is 1. The molecule has 9 nitrogen and oxygen atoms in total. The number of rotatable bonds is 5. The van der Waals surface area contributed by atoms with Gasteiger partial charge in [-0.25, -0.2) is 8.42 Å². The van der Waals surface area contributed by atoms with Gasteiger partial charge in [0.25, 0.3) is 11.5 Å². The fraction of sp³-hybridized carbons (Fsp3) is 0.0741. The molecule has 10 heteroatoms. The highest BCUT2D eigenvalue weighted by molar-refractivity contribution is 7.90. The van der Waals surface area contributed by atoms with E-state index in [-0.39, 0.29) is 28.9 Å². The summed E-state index contributed by atoms with van der Waals surface area (Å²) in [5, 5.41) is 10.7. The number of hydrogen-bond donors (Lipinski definition) is 3. The van der Waals surface area contributed by atoms with E-state index in [4.69, 9.17) is 11.1 Å². The fourth-order valence-electron chi connectivity index (χ4n) is 4.38. The summed E-state index contributed by atoms with van der Waals surface area (Å²) in [5.74, 6) is -0.469. The lowest BCUT2D eigenvalue weighted by Crippen LogP contribution is -2.41. The Hall–Kier alpha value is -4.70. The molecule has 4 N–H and O–H groups in total. The first-order valence-electron chi connectivity index (χ1n) is 11.3. The summed E-state index contributed by atoms with van der Waals surface area (Å²) in [6, 6.07) is 22.0. The first-order chi connectivity index (χ1) is 17.6. The van der Waals surface area contributed by atoms with Crippen molar-refractivity contribution in [3.8, 4) is 16.8 Å². The van der Waals surface area contributed by atoms with Crippen LogP contribution in [0.3, 0.4) is 0 Å². The lowest BCUT2D eigenvalue weighted by Gasteiger charge is -2.30. The van der Waals surface area contributed by atoms with E-state index in [1.54, 1.807) is 85.1 Å². The van der Waals surface area contributed by atoms with Crippen molar-refractivity contribution in [2.75, 3.05) is 23.0 Å². The third-order valence-corrected chi connectivity index (χ3v) is 7.28. The zero-order valence-electron chi connectivity index (χ0n) is 19.8. The minimum Gasteiger partial charge on any atom is -0.384 e. The van der Waals surface area contributed by atoms with Gasteiger partial charge in [-0.15, -0.1) is 0 Å². The maximum absolute atomic E-state index is 13.7. The monoisotopic (exact) mass is 513 g/mol. The number of nitrogen functional groups attached to an aromatic ring is 1. The average Bonchev–Trinajstić information content (AvgIpc) is 2.89. The highest BCUT2D eigenvalue weighted by Gasteiger charge is 2.29. The van der Waals surface area contributed by atoms with Crippen LogP contribution in [0.4, 0.5) is 17.1 Å². The van der Waals surface area contributed by atoms with Crippen LogP contribution in [0.25, 0.3) is 16.8 Å². The normalized spacial score (nSPS) is 13.1. The first kappa shape index (κ1) is 24.0. The number of sulfone groups is 1. The Bertz CT molecular complexity index is 1730. The molecule has 0 saturated carbocycles. The van der Waals surface area contributed by atoms with Gasteiger partial charge in [-0.3, -0.25) is 24.5 Å². The SMILES string of the molecule is CS(=O)(=O)c1ccccc1-c1ccc(-n2ccc3c(c2=O)N(c2cccc(C(=N)N)c2)C(=O)CN3)cc1. The minimum atomic E-state index is -3.43. The molecule has 0 saturated heterocycles. The van der Waals surface area contributed by atoms with E-state index in [0.717, 1.165) is 0 Å². The zero-order valence-corrected chi connectivity index (χ0v) is 20.6. The number of nitrogens with zero attached hydrogens (tertiary/aromatic N) is 2. The maximum Gasteiger partial charge on any atom is 0.281 e. The van der Waals surface area contributed by atoms with Gasteiger partial charge >= 0.3 is 0 Å². The number of anilines is 3. The quantitative estimate of drug-likeness (QED) is 0.277. The molecule has 0 aliphatic carbocycles. The molecule has 1 amide bonds. The molecule has 1 aliphatic heterocycles. The van der Waals surface area contributed by atoms with Crippen LogP contribution >= 0.6 is 0 Å². The van der Waals surface area contributed by atoms with Crippen LogP contribution in [-0.4, -0.2) is 37.5 Å². The van der Waals surface area contributed by atoms with Crippen molar-refractivity contribution in [2.45, 2.75) is 4.90 Å². The van der Waals surface area contributed by atoms with Crippen LogP contribution in [0.15, 0.2) is 94.7 Å². The van der Waals surface area contributed by atoms with Gasteiger partial charge in [0.1, 0.15) is 11.5 Å². The third kappa shape index (κ3) is 4.38. The Balaban J connectivity index is 1.59. The molecule has 5 rings (SSSR count). The van der Waals surface area contributed by atoms with Gasteiger partial charge in [0, 0.05) is 35.0 Å². The Morgan fingerprint density at radius 3 is 2.38 bits per heavy atom. The molecule has 0 fully saturated rings. The number of nitrogens with one attached hydrogen (secondary N) is 2. The van der Waals surface area contributed by atoms with Crippen LogP contribution in [0.2, 0.25) is 0 Å². The van der Waals surface area contributed by atoms with E-state index in [9.17, 15) is 18.0 Å². The summed E-state index contributed by atoms with van der Waals surface area (Å²) in [6.45, 7) is 0.00912. The number of carbonyl (C=O) groups excluding carboxylic acids is 1. The molecule has 2 heterocycles. The highest BCUT2D eigenvalue weighted by atomic mass is 32.2. The largest absolute Gasteiger partial charge is 0.384 e. The van der Waals surface area contributed by atoms with Crippen molar-refractivity contribution in [1.29, 1.82) is 5.41 Å². The van der Waals surface area contributed by atoms with Gasteiger partial charge in [0.05, 0.1) is 17.1 Å². The van der Waals surface area contributed by atoms with E-state index in [1.165, 1.54) is 15.7 Å². The number of benzene rings is 3. The molecular formula is C27H23N5O4S. The summed E-state index contributed by atoms with van der Waals surface area (Å²) in [4.78, 5) is 28.2. The number of nitrogens with two attached hydrogens (primary N) is 1. The second-order valence-electron chi connectivity index (χ2n) is 8.62. The Kier molecular flexibility index (Phi) is 5.88. The fourth-order valence-corrected chi connectivity index (χ4v) is 5.29. The Morgan fingerprint density at radius 1 is 0.946 bits per heavy atom. The Labute approximate surface area is 213 Å². The van der Waals surface area contributed by atoms with Crippen molar-refractivity contribution in [3.63, 3.8) is 0 Å². The van der Waals surface area contributed by atoms with Crippen molar-refractivity contribution in [1.82, 2.24) is 4.57 Å². The molecule has 186 valence electrons. The molecule has 3 aromatic carbocycles. The molecule has 0 atom stereocenters. The van der Waals surface area contributed by atoms with E-state index < -0.39 is 15.4 Å². The summed E-state index contributed by atoms with van der Waals surface area (Å²) in [5.41, 5.74) is 8.55. The topological polar surface area (TPSA) is 138 Å². The standard InChI is InChI=1S/C27H23N5O4S/c1-37(35,36)23-8-3-2-7-21(23)17-9-11-19(12-10-17)31-14-13-22-25(27(31)34)32(24(33)16-30-22)20-6-4-5-18(15-20)26(28)29/h2-15,30H,16H2,1H3,(H3,28,29).